The molecule has 27 heavy (non-hydrogen) atoms. The number of furan rings is 1. The Morgan fingerprint density at radius 1 is 1.15 bits per heavy atom. The molecule has 0 radical (unpaired) electrons. The van der Waals surface area contributed by atoms with Gasteiger partial charge in [0.2, 0.25) is 0 Å². The third-order valence-corrected chi connectivity index (χ3v) is 3.82. The van der Waals surface area contributed by atoms with Gasteiger partial charge in [-0.25, -0.2) is 4.79 Å². The smallest absolute Gasteiger partial charge is 0.328 e. The summed E-state index contributed by atoms with van der Waals surface area (Å²) in [6, 6.07) is 13.3. The van der Waals surface area contributed by atoms with E-state index in [0.29, 0.717) is 5.56 Å². The van der Waals surface area contributed by atoms with Crippen molar-refractivity contribution in [3.63, 3.8) is 0 Å². The molecule has 2 N–H and O–H groups in total. The number of carbonyl (C=O) groups is 2. The van der Waals surface area contributed by atoms with Crippen LogP contribution in [0.2, 0.25) is 0 Å². The number of amides is 1. The SMILES string of the molecule is O=C(NC(COCc1ccccc1)C(=O)O)c1cc(-c2cccnc2)co1. The van der Waals surface area contributed by atoms with E-state index in [4.69, 9.17) is 9.15 Å². The summed E-state index contributed by atoms with van der Waals surface area (Å²) in [6.45, 7) is 0.0958. The molecule has 0 fully saturated rings. The Labute approximate surface area is 155 Å². The summed E-state index contributed by atoms with van der Waals surface area (Å²) in [6.07, 6.45) is 4.71. The zero-order valence-corrected chi connectivity index (χ0v) is 14.4. The molecule has 1 aromatic carbocycles. The van der Waals surface area contributed by atoms with Gasteiger partial charge >= 0.3 is 5.97 Å². The lowest BCUT2D eigenvalue weighted by molar-refractivity contribution is -0.141. The average molecular weight is 366 g/mol. The van der Waals surface area contributed by atoms with Crippen LogP contribution in [0.1, 0.15) is 16.1 Å². The molecule has 1 amide bonds. The van der Waals surface area contributed by atoms with Gasteiger partial charge in [-0.3, -0.25) is 9.78 Å². The fourth-order valence-electron chi connectivity index (χ4n) is 2.41. The van der Waals surface area contributed by atoms with Crippen LogP contribution in [0.15, 0.2) is 71.6 Å². The van der Waals surface area contributed by atoms with Crippen molar-refractivity contribution in [2.24, 2.45) is 0 Å². The predicted octanol–water partition coefficient (Wildman–Crippen LogP) is 2.74. The van der Waals surface area contributed by atoms with E-state index in [1.54, 1.807) is 18.5 Å². The molecule has 0 aliphatic rings. The molecule has 7 heteroatoms. The van der Waals surface area contributed by atoms with Crippen LogP contribution in [-0.4, -0.2) is 34.6 Å². The van der Waals surface area contributed by atoms with E-state index >= 15 is 0 Å². The Bertz CT molecular complexity index is 893. The van der Waals surface area contributed by atoms with E-state index in [0.717, 1.165) is 11.1 Å². The normalized spacial score (nSPS) is 11.7. The quantitative estimate of drug-likeness (QED) is 0.636. The molecule has 2 aromatic heterocycles. The van der Waals surface area contributed by atoms with Crippen LogP contribution in [0, 0.1) is 0 Å². The second kappa shape index (κ2) is 8.77. The number of rotatable bonds is 8. The standard InChI is InChI=1S/C20H18N2O5/c23-19(18-9-16(12-27-18)15-7-4-8-21-10-15)22-17(20(24)25)13-26-11-14-5-2-1-3-6-14/h1-10,12,17H,11,13H2,(H,22,23)(H,24,25). The Kier molecular flexibility index (Phi) is 5.96. The third kappa shape index (κ3) is 5.02. The lowest BCUT2D eigenvalue weighted by atomic mass is 10.1. The highest BCUT2D eigenvalue weighted by molar-refractivity contribution is 5.95. The third-order valence-electron chi connectivity index (χ3n) is 3.82. The highest BCUT2D eigenvalue weighted by Gasteiger charge is 2.23. The van der Waals surface area contributed by atoms with E-state index in [1.807, 2.05) is 36.4 Å². The molecule has 0 spiro atoms. The first kappa shape index (κ1) is 18.3. The molecule has 0 bridgehead atoms. The zero-order chi connectivity index (χ0) is 19.1. The van der Waals surface area contributed by atoms with E-state index < -0.39 is 17.9 Å². The van der Waals surface area contributed by atoms with Crippen LogP contribution < -0.4 is 5.32 Å². The summed E-state index contributed by atoms with van der Waals surface area (Å²) in [4.78, 5) is 27.7. The summed E-state index contributed by atoms with van der Waals surface area (Å²) < 4.78 is 10.7. The number of aromatic nitrogens is 1. The van der Waals surface area contributed by atoms with E-state index in [2.05, 4.69) is 10.3 Å². The number of pyridine rings is 1. The van der Waals surface area contributed by atoms with Crippen LogP contribution in [0.25, 0.3) is 11.1 Å². The number of aliphatic carboxylic acids is 1. The van der Waals surface area contributed by atoms with Gasteiger partial charge in [-0.1, -0.05) is 36.4 Å². The van der Waals surface area contributed by atoms with Gasteiger partial charge < -0.3 is 19.6 Å². The van der Waals surface area contributed by atoms with Crippen LogP contribution in [-0.2, 0) is 16.1 Å². The zero-order valence-electron chi connectivity index (χ0n) is 14.4. The summed E-state index contributed by atoms with van der Waals surface area (Å²) in [5.41, 5.74) is 2.39. The predicted molar refractivity (Wildman–Crippen MR) is 96.9 cm³/mol. The van der Waals surface area contributed by atoms with Crippen molar-refractivity contribution < 1.29 is 23.8 Å². The van der Waals surface area contributed by atoms with Crippen molar-refractivity contribution in [1.29, 1.82) is 0 Å². The second-order valence-corrected chi connectivity index (χ2v) is 5.81. The minimum Gasteiger partial charge on any atom is -0.480 e. The Morgan fingerprint density at radius 3 is 2.67 bits per heavy atom. The molecule has 3 rings (SSSR count). The number of carboxylic acids is 1. The molecule has 2 heterocycles. The molecule has 0 saturated carbocycles. The number of nitrogens with zero attached hydrogens (tertiary/aromatic N) is 1. The molecule has 0 aliphatic carbocycles. The van der Waals surface area contributed by atoms with Gasteiger partial charge in [0.15, 0.2) is 11.8 Å². The van der Waals surface area contributed by atoms with Gasteiger partial charge in [0, 0.05) is 23.5 Å². The van der Waals surface area contributed by atoms with Gasteiger partial charge in [0.25, 0.3) is 5.91 Å². The Balaban J connectivity index is 1.58. The minimum absolute atomic E-state index is 0.0168. The summed E-state index contributed by atoms with van der Waals surface area (Å²) >= 11 is 0. The van der Waals surface area contributed by atoms with Crippen LogP contribution in [0.3, 0.4) is 0 Å². The first-order valence-electron chi connectivity index (χ1n) is 8.28. The van der Waals surface area contributed by atoms with Crippen molar-refractivity contribution in [1.82, 2.24) is 10.3 Å². The molecule has 1 unspecified atom stereocenters. The molecule has 0 saturated heterocycles. The Hall–Kier alpha value is -3.45. The number of benzene rings is 1. The van der Waals surface area contributed by atoms with Crippen molar-refractivity contribution in [2.45, 2.75) is 12.6 Å². The number of carbonyl (C=O) groups excluding carboxylic acids is 1. The Morgan fingerprint density at radius 2 is 1.96 bits per heavy atom. The topological polar surface area (TPSA) is 102 Å². The largest absolute Gasteiger partial charge is 0.480 e. The molecule has 3 aromatic rings. The number of hydrogen-bond acceptors (Lipinski definition) is 5. The van der Waals surface area contributed by atoms with Gasteiger partial charge in [0.1, 0.15) is 0 Å². The summed E-state index contributed by atoms with van der Waals surface area (Å²) in [5, 5.41) is 11.7. The van der Waals surface area contributed by atoms with Crippen molar-refractivity contribution in [3.05, 3.63) is 78.5 Å². The van der Waals surface area contributed by atoms with E-state index in [1.165, 1.54) is 12.3 Å². The van der Waals surface area contributed by atoms with Crippen molar-refractivity contribution in [2.75, 3.05) is 6.61 Å². The molecule has 0 aliphatic heterocycles. The van der Waals surface area contributed by atoms with E-state index in [-0.39, 0.29) is 19.0 Å². The number of nitrogens with one attached hydrogen (secondary N) is 1. The van der Waals surface area contributed by atoms with Crippen molar-refractivity contribution >= 4 is 11.9 Å². The maximum Gasteiger partial charge on any atom is 0.328 e. The lowest BCUT2D eigenvalue weighted by Crippen LogP contribution is -2.43. The first-order valence-corrected chi connectivity index (χ1v) is 8.28. The lowest BCUT2D eigenvalue weighted by Gasteiger charge is -2.14. The van der Waals surface area contributed by atoms with Gasteiger partial charge in [-0.2, -0.15) is 0 Å². The summed E-state index contributed by atoms with van der Waals surface area (Å²) in [5.74, 6) is -1.79. The molecular formula is C20H18N2O5. The maximum atomic E-state index is 12.3. The molecule has 1 atom stereocenters. The molecule has 7 nitrogen and oxygen atoms in total. The number of hydrogen-bond donors (Lipinski definition) is 2. The van der Waals surface area contributed by atoms with Gasteiger partial charge in [-0.15, -0.1) is 0 Å². The monoisotopic (exact) mass is 366 g/mol. The molecular weight excluding hydrogens is 348 g/mol. The highest BCUT2D eigenvalue weighted by atomic mass is 16.5. The maximum absolute atomic E-state index is 12.3. The summed E-state index contributed by atoms with van der Waals surface area (Å²) in [7, 11) is 0. The number of ether oxygens (including phenoxy) is 1. The minimum atomic E-state index is -1.19. The number of carboxylic acid groups (broad SMARTS) is 1. The highest BCUT2D eigenvalue weighted by Crippen LogP contribution is 2.21. The first-order chi connectivity index (χ1) is 13.1. The van der Waals surface area contributed by atoms with Crippen LogP contribution >= 0.6 is 0 Å². The van der Waals surface area contributed by atoms with Crippen LogP contribution in [0.4, 0.5) is 0 Å². The van der Waals surface area contributed by atoms with E-state index in [9.17, 15) is 14.7 Å². The van der Waals surface area contributed by atoms with Crippen LogP contribution in [0.5, 0.6) is 0 Å². The average Bonchev–Trinajstić information content (AvgIpc) is 3.19. The van der Waals surface area contributed by atoms with Gasteiger partial charge in [0.05, 0.1) is 19.5 Å². The second-order valence-electron chi connectivity index (χ2n) is 5.81. The fourth-order valence-corrected chi connectivity index (χ4v) is 2.41. The van der Waals surface area contributed by atoms with Gasteiger partial charge in [-0.05, 0) is 17.7 Å². The van der Waals surface area contributed by atoms with Crippen molar-refractivity contribution in [3.8, 4) is 11.1 Å². The molecule has 138 valence electrons. The fraction of sp³-hybridized carbons (Fsp3) is 0.150.